The standard InChI is InChI=1S/C45H29N5/c1-3-9-30(10-4-1)31-14-16-33(17-15-31)44-48-43(32-11-5-2-6-12-32)49-45(50-44)37-21-24-40-35(28-37)19-18-34-27-36(20-23-39(34)40)42-25-22-38(29-47-42)41-13-7-8-26-46-41/h1-29H. The number of nitrogens with zero attached hydrogens (tertiary/aromatic N) is 5. The van der Waals surface area contributed by atoms with E-state index in [0.717, 1.165) is 55.5 Å². The minimum atomic E-state index is 0.638. The highest BCUT2D eigenvalue weighted by Gasteiger charge is 2.14. The van der Waals surface area contributed by atoms with Gasteiger partial charge < -0.3 is 0 Å². The molecule has 0 unspecified atom stereocenters. The van der Waals surface area contributed by atoms with Crippen molar-refractivity contribution in [1.82, 2.24) is 24.9 Å². The predicted octanol–water partition coefficient (Wildman–Crippen LogP) is 11.0. The SMILES string of the molecule is c1ccc(-c2ccc(-c3nc(-c4ccccc4)nc(-c4ccc5c(ccc6cc(-c7ccc(-c8ccccn8)cn7)ccc65)c4)n3)cc2)cc1. The fourth-order valence-corrected chi connectivity index (χ4v) is 6.41. The lowest BCUT2D eigenvalue weighted by molar-refractivity contribution is 1.07. The molecular formula is C45H29N5. The van der Waals surface area contributed by atoms with E-state index in [1.165, 1.54) is 16.3 Å². The molecule has 0 aliphatic rings. The summed E-state index contributed by atoms with van der Waals surface area (Å²) in [6.07, 6.45) is 3.69. The van der Waals surface area contributed by atoms with E-state index in [-0.39, 0.29) is 0 Å². The van der Waals surface area contributed by atoms with E-state index < -0.39 is 0 Å². The van der Waals surface area contributed by atoms with Gasteiger partial charge >= 0.3 is 0 Å². The van der Waals surface area contributed by atoms with Crippen molar-refractivity contribution < 1.29 is 0 Å². The molecule has 5 heteroatoms. The summed E-state index contributed by atoms with van der Waals surface area (Å²) in [5, 5.41) is 4.63. The van der Waals surface area contributed by atoms with E-state index >= 15 is 0 Å². The van der Waals surface area contributed by atoms with E-state index in [1.54, 1.807) is 6.20 Å². The molecule has 0 atom stereocenters. The Morgan fingerprint density at radius 2 is 0.780 bits per heavy atom. The van der Waals surface area contributed by atoms with Gasteiger partial charge in [-0.15, -0.1) is 0 Å². The van der Waals surface area contributed by atoms with Crippen LogP contribution in [0.4, 0.5) is 0 Å². The molecule has 0 spiro atoms. The second-order valence-electron chi connectivity index (χ2n) is 12.2. The number of hydrogen-bond acceptors (Lipinski definition) is 5. The van der Waals surface area contributed by atoms with Gasteiger partial charge in [0.1, 0.15) is 0 Å². The zero-order valence-electron chi connectivity index (χ0n) is 27.0. The molecule has 3 heterocycles. The topological polar surface area (TPSA) is 64.5 Å². The highest BCUT2D eigenvalue weighted by atomic mass is 15.0. The summed E-state index contributed by atoms with van der Waals surface area (Å²) in [5.41, 5.74) is 9.06. The van der Waals surface area contributed by atoms with Crippen molar-refractivity contribution in [1.29, 1.82) is 0 Å². The molecule has 0 aliphatic heterocycles. The Labute approximate surface area is 289 Å². The Morgan fingerprint density at radius 3 is 1.40 bits per heavy atom. The maximum atomic E-state index is 5.01. The van der Waals surface area contributed by atoms with Crippen LogP contribution in [0.3, 0.4) is 0 Å². The summed E-state index contributed by atoms with van der Waals surface area (Å²) >= 11 is 0. The fourth-order valence-electron chi connectivity index (χ4n) is 6.41. The summed E-state index contributed by atoms with van der Waals surface area (Å²) in [6, 6.07) is 56.3. The fraction of sp³-hybridized carbons (Fsp3) is 0. The third kappa shape index (κ3) is 5.67. The second kappa shape index (κ2) is 12.6. The van der Waals surface area contributed by atoms with Crippen LogP contribution in [0.15, 0.2) is 176 Å². The quantitative estimate of drug-likeness (QED) is 0.169. The molecule has 0 saturated heterocycles. The predicted molar refractivity (Wildman–Crippen MR) is 203 cm³/mol. The Kier molecular flexibility index (Phi) is 7.41. The van der Waals surface area contributed by atoms with E-state index in [1.807, 2.05) is 60.8 Å². The van der Waals surface area contributed by atoms with E-state index in [0.29, 0.717) is 17.5 Å². The average molecular weight is 640 g/mol. The van der Waals surface area contributed by atoms with Crippen LogP contribution in [-0.2, 0) is 0 Å². The number of fused-ring (bicyclic) bond motifs is 3. The molecule has 0 saturated carbocycles. The van der Waals surface area contributed by atoms with Gasteiger partial charge in [0.25, 0.3) is 0 Å². The molecule has 0 bridgehead atoms. The molecule has 0 radical (unpaired) electrons. The van der Waals surface area contributed by atoms with Crippen LogP contribution >= 0.6 is 0 Å². The first-order chi connectivity index (χ1) is 24.7. The largest absolute Gasteiger partial charge is 0.256 e. The number of pyridine rings is 2. The molecule has 234 valence electrons. The zero-order valence-corrected chi connectivity index (χ0v) is 27.0. The Bertz CT molecular complexity index is 2600. The van der Waals surface area contributed by atoms with Crippen molar-refractivity contribution in [3.63, 3.8) is 0 Å². The van der Waals surface area contributed by atoms with Crippen LogP contribution in [0.25, 0.3) is 89.4 Å². The lowest BCUT2D eigenvalue weighted by Gasteiger charge is -2.11. The number of aromatic nitrogens is 5. The van der Waals surface area contributed by atoms with Crippen molar-refractivity contribution in [2.24, 2.45) is 0 Å². The van der Waals surface area contributed by atoms with Crippen molar-refractivity contribution in [3.05, 3.63) is 176 Å². The van der Waals surface area contributed by atoms with Gasteiger partial charge in [-0.05, 0) is 69.1 Å². The maximum Gasteiger partial charge on any atom is 0.164 e. The molecule has 0 amide bonds. The first-order valence-electron chi connectivity index (χ1n) is 16.6. The van der Waals surface area contributed by atoms with Crippen molar-refractivity contribution >= 4 is 21.5 Å². The van der Waals surface area contributed by atoms with E-state index in [9.17, 15) is 0 Å². The summed E-state index contributed by atoms with van der Waals surface area (Å²) in [4.78, 5) is 24.1. The van der Waals surface area contributed by atoms with E-state index in [2.05, 4.69) is 114 Å². The highest BCUT2D eigenvalue weighted by Crippen LogP contribution is 2.33. The van der Waals surface area contributed by atoms with Gasteiger partial charge in [0.15, 0.2) is 17.5 Å². The normalized spacial score (nSPS) is 11.2. The molecule has 50 heavy (non-hydrogen) atoms. The monoisotopic (exact) mass is 639 g/mol. The highest BCUT2D eigenvalue weighted by molar-refractivity contribution is 6.09. The summed E-state index contributed by atoms with van der Waals surface area (Å²) < 4.78 is 0. The van der Waals surface area contributed by atoms with E-state index in [4.69, 9.17) is 19.9 Å². The maximum absolute atomic E-state index is 5.01. The lowest BCUT2D eigenvalue weighted by atomic mass is 9.97. The van der Waals surface area contributed by atoms with Gasteiger partial charge in [-0.3, -0.25) is 9.97 Å². The Balaban J connectivity index is 1.07. The number of benzene rings is 6. The molecule has 6 aromatic carbocycles. The van der Waals surface area contributed by atoms with Crippen LogP contribution in [0.2, 0.25) is 0 Å². The molecule has 0 fully saturated rings. The molecular weight excluding hydrogens is 611 g/mol. The summed E-state index contributed by atoms with van der Waals surface area (Å²) in [7, 11) is 0. The van der Waals surface area contributed by atoms with Gasteiger partial charge in [0, 0.05) is 40.2 Å². The molecule has 0 aliphatic carbocycles. The van der Waals surface area contributed by atoms with Crippen LogP contribution in [-0.4, -0.2) is 24.9 Å². The Morgan fingerprint density at radius 1 is 0.300 bits per heavy atom. The Hall–Kier alpha value is -6.85. The summed E-state index contributed by atoms with van der Waals surface area (Å²) in [5.74, 6) is 1.92. The van der Waals surface area contributed by atoms with Crippen molar-refractivity contribution in [3.8, 4) is 67.8 Å². The van der Waals surface area contributed by atoms with Gasteiger partial charge in [-0.1, -0.05) is 127 Å². The number of rotatable bonds is 6. The van der Waals surface area contributed by atoms with Gasteiger partial charge in [0.05, 0.1) is 11.4 Å². The first kappa shape index (κ1) is 29.3. The number of hydrogen-bond donors (Lipinski definition) is 0. The third-order valence-electron chi connectivity index (χ3n) is 9.03. The molecule has 9 rings (SSSR count). The molecule has 9 aromatic rings. The summed E-state index contributed by atoms with van der Waals surface area (Å²) in [6.45, 7) is 0. The minimum absolute atomic E-state index is 0.638. The minimum Gasteiger partial charge on any atom is -0.256 e. The van der Waals surface area contributed by atoms with Gasteiger partial charge in [-0.2, -0.15) is 0 Å². The average Bonchev–Trinajstić information content (AvgIpc) is 3.21. The zero-order chi connectivity index (χ0) is 33.3. The molecule has 3 aromatic heterocycles. The lowest BCUT2D eigenvalue weighted by Crippen LogP contribution is -2.00. The van der Waals surface area contributed by atoms with Crippen molar-refractivity contribution in [2.45, 2.75) is 0 Å². The van der Waals surface area contributed by atoms with Crippen LogP contribution in [0.5, 0.6) is 0 Å². The van der Waals surface area contributed by atoms with Crippen LogP contribution in [0.1, 0.15) is 0 Å². The van der Waals surface area contributed by atoms with Crippen LogP contribution < -0.4 is 0 Å². The second-order valence-corrected chi connectivity index (χ2v) is 12.2. The van der Waals surface area contributed by atoms with Crippen LogP contribution in [0, 0.1) is 0 Å². The molecule has 5 nitrogen and oxygen atoms in total. The van der Waals surface area contributed by atoms with Crippen molar-refractivity contribution in [2.75, 3.05) is 0 Å². The van der Waals surface area contributed by atoms with Gasteiger partial charge in [-0.25, -0.2) is 15.0 Å². The molecule has 0 N–H and O–H groups in total. The first-order valence-corrected chi connectivity index (χ1v) is 16.6. The third-order valence-corrected chi connectivity index (χ3v) is 9.03. The smallest absolute Gasteiger partial charge is 0.164 e. The van der Waals surface area contributed by atoms with Gasteiger partial charge in [0.2, 0.25) is 0 Å².